The Kier molecular flexibility index (Phi) is 5.69. The smallest absolute Gasteiger partial charge is 0.157 e. The second kappa shape index (κ2) is 6.81. The topological polar surface area (TPSA) is 63.8 Å². The molecule has 1 aromatic rings. The van der Waals surface area contributed by atoms with Gasteiger partial charge in [0.2, 0.25) is 0 Å². The number of thioether (sulfide) groups is 1. The maximum atomic E-state index is 5.80. The summed E-state index contributed by atoms with van der Waals surface area (Å²) in [6, 6.07) is 0.326. The van der Waals surface area contributed by atoms with Crippen LogP contribution in [-0.2, 0) is 0 Å². The molecule has 0 aliphatic rings. The number of nitrogens with one attached hydrogen (secondary N) is 1. The fourth-order valence-corrected chi connectivity index (χ4v) is 2.14. The van der Waals surface area contributed by atoms with Gasteiger partial charge in [0.1, 0.15) is 12.0 Å². The van der Waals surface area contributed by atoms with Crippen LogP contribution in [0.4, 0.5) is 11.5 Å². The molecule has 1 aromatic heterocycles. The van der Waals surface area contributed by atoms with Crippen molar-refractivity contribution in [1.29, 1.82) is 0 Å². The highest BCUT2D eigenvalue weighted by molar-refractivity contribution is 7.99. The molecule has 0 aliphatic carbocycles. The summed E-state index contributed by atoms with van der Waals surface area (Å²) in [5.41, 5.74) is 6.18. The van der Waals surface area contributed by atoms with Gasteiger partial charge in [-0.2, -0.15) is 11.8 Å². The number of rotatable bonds is 6. The van der Waals surface area contributed by atoms with Gasteiger partial charge in [-0.25, -0.2) is 9.97 Å². The van der Waals surface area contributed by atoms with Gasteiger partial charge in [-0.3, -0.25) is 0 Å². The van der Waals surface area contributed by atoms with Crippen LogP contribution < -0.4 is 11.1 Å². The van der Waals surface area contributed by atoms with Crippen LogP contribution >= 0.6 is 23.4 Å². The van der Waals surface area contributed by atoms with Crippen molar-refractivity contribution in [2.75, 3.05) is 22.6 Å². The highest BCUT2D eigenvalue weighted by Gasteiger charge is 2.08. The zero-order chi connectivity index (χ0) is 12.0. The highest BCUT2D eigenvalue weighted by Crippen LogP contribution is 2.22. The number of aromatic nitrogens is 2. The summed E-state index contributed by atoms with van der Waals surface area (Å²) in [7, 11) is 0. The van der Waals surface area contributed by atoms with Crippen molar-refractivity contribution >= 4 is 34.9 Å². The van der Waals surface area contributed by atoms with Crippen molar-refractivity contribution in [3.05, 3.63) is 11.5 Å². The van der Waals surface area contributed by atoms with Gasteiger partial charge >= 0.3 is 0 Å². The minimum atomic E-state index is 0.299. The lowest BCUT2D eigenvalue weighted by Crippen LogP contribution is -2.18. The second-order valence-corrected chi connectivity index (χ2v) is 5.21. The van der Waals surface area contributed by atoms with Crippen LogP contribution in [0.15, 0.2) is 6.33 Å². The zero-order valence-electron chi connectivity index (χ0n) is 9.53. The fourth-order valence-electron chi connectivity index (χ4n) is 1.20. The summed E-state index contributed by atoms with van der Waals surface area (Å²) >= 11 is 7.73. The number of hydrogen-bond acceptors (Lipinski definition) is 5. The van der Waals surface area contributed by atoms with Gasteiger partial charge < -0.3 is 11.1 Å². The predicted octanol–water partition coefficient (Wildman–Crippen LogP) is 2.66. The average Bonchev–Trinajstić information content (AvgIpc) is 2.25. The number of hydrogen-bond donors (Lipinski definition) is 2. The number of anilines is 2. The fraction of sp³-hybridized carbons (Fsp3) is 0.600. The Morgan fingerprint density at radius 1 is 1.56 bits per heavy atom. The first-order chi connectivity index (χ1) is 7.65. The maximum absolute atomic E-state index is 5.80. The maximum Gasteiger partial charge on any atom is 0.157 e. The van der Waals surface area contributed by atoms with E-state index >= 15 is 0 Å². The van der Waals surface area contributed by atoms with Crippen molar-refractivity contribution in [3.63, 3.8) is 0 Å². The monoisotopic (exact) mass is 260 g/mol. The third kappa shape index (κ3) is 4.06. The number of nitrogens with zero attached hydrogens (tertiary/aromatic N) is 2. The van der Waals surface area contributed by atoms with Gasteiger partial charge in [-0.15, -0.1) is 0 Å². The first-order valence-electron chi connectivity index (χ1n) is 5.25. The molecule has 4 nitrogen and oxygen atoms in total. The van der Waals surface area contributed by atoms with E-state index in [-0.39, 0.29) is 0 Å². The Balaban J connectivity index is 2.49. The minimum absolute atomic E-state index is 0.299. The quantitative estimate of drug-likeness (QED) is 0.608. The van der Waals surface area contributed by atoms with Gasteiger partial charge in [-0.05, 0) is 24.9 Å². The molecule has 0 saturated carbocycles. The van der Waals surface area contributed by atoms with E-state index in [0.717, 1.165) is 17.9 Å². The lowest BCUT2D eigenvalue weighted by atomic mass is 10.2. The molecular formula is C10H17ClN4S. The third-order valence-electron chi connectivity index (χ3n) is 2.12. The third-order valence-corrected chi connectivity index (χ3v) is 3.35. The molecule has 0 aromatic carbocycles. The molecule has 0 spiro atoms. The van der Waals surface area contributed by atoms with Gasteiger partial charge in [0.15, 0.2) is 11.0 Å². The number of nitrogen functional groups attached to an aromatic ring is 1. The largest absolute Gasteiger partial charge is 0.393 e. The van der Waals surface area contributed by atoms with Gasteiger partial charge in [0.25, 0.3) is 0 Å². The molecule has 0 amide bonds. The van der Waals surface area contributed by atoms with E-state index in [1.807, 2.05) is 11.8 Å². The van der Waals surface area contributed by atoms with Crippen LogP contribution in [0.3, 0.4) is 0 Å². The standard InChI is InChI=1S/C10H17ClN4S/c1-3-16-5-4-7(2)15-10-8(12)9(11)13-6-14-10/h6-7H,3-5,12H2,1-2H3,(H,13,14,15). The minimum Gasteiger partial charge on any atom is -0.393 e. The molecule has 90 valence electrons. The van der Waals surface area contributed by atoms with Crippen molar-refractivity contribution < 1.29 is 0 Å². The summed E-state index contributed by atoms with van der Waals surface area (Å²) in [5.74, 6) is 2.89. The van der Waals surface area contributed by atoms with Crippen molar-refractivity contribution in [2.45, 2.75) is 26.3 Å². The van der Waals surface area contributed by atoms with E-state index in [1.54, 1.807) is 0 Å². The molecule has 0 radical (unpaired) electrons. The normalized spacial score (nSPS) is 12.4. The molecule has 6 heteroatoms. The van der Waals surface area contributed by atoms with Crippen LogP contribution in [0.5, 0.6) is 0 Å². The molecule has 0 bridgehead atoms. The van der Waals surface area contributed by atoms with E-state index in [0.29, 0.717) is 22.7 Å². The summed E-state index contributed by atoms with van der Waals surface area (Å²) in [4.78, 5) is 7.88. The summed E-state index contributed by atoms with van der Waals surface area (Å²) in [6.45, 7) is 4.26. The number of nitrogens with two attached hydrogens (primary N) is 1. The van der Waals surface area contributed by atoms with E-state index < -0.39 is 0 Å². The van der Waals surface area contributed by atoms with Crippen molar-refractivity contribution in [1.82, 2.24) is 9.97 Å². The predicted molar refractivity (Wildman–Crippen MR) is 72.2 cm³/mol. The van der Waals surface area contributed by atoms with Crippen molar-refractivity contribution in [3.8, 4) is 0 Å². The van der Waals surface area contributed by atoms with Gasteiger partial charge in [0, 0.05) is 6.04 Å². The van der Waals surface area contributed by atoms with Crippen LogP contribution in [0.25, 0.3) is 0 Å². The van der Waals surface area contributed by atoms with Gasteiger partial charge in [0.05, 0.1) is 0 Å². The molecule has 16 heavy (non-hydrogen) atoms. The summed E-state index contributed by atoms with van der Waals surface area (Å²) in [5, 5.41) is 3.53. The van der Waals surface area contributed by atoms with Crippen LogP contribution in [0, 0.1) is 0 Å². The van der Waals surface area contributed by atoms with E-state index in [1.165, 1.54) is 6.33 Å². The Morgan fingerprint density at radius 3 is 3.00 bits per heavy atom. The molecule has 0 fully saturated rings. The molecule has 1 heterocycles. The van der Waals surface area contributed by atoms with Crippen LogP contribution in [0.1, 0.15) is 20.3 Å². The molecule has 0 aliphatic heterocycles. The number of halogens is 1. The van der Waals surface area contributed by atoms with Crippen molar-refractivity contribution in [2.24, 2.45) is 0 Å². The Morgan fingerprint density at radius 2 is 2.31 bits per heavy atom. The average molecular weight is 261 g/mol. The Hall–Kier alpha value is -0.680. The zero-order valence-corrected chi connectivity index (χ0v) is 11.1. The second-order valence-electron chi connectivity index (χ2n) is 3.46. The van der Waals surface area contributed by atoms with Crippen LogP contribution in [-0.4, -0.2) is 27.5 Å². The Labute approximate surface area is 105 Å². The van der Waals surface area contributed by atoms with E-state index in [2.05, 4.69) is 29.1 Å². The van der Waals surface area contributed by atoms with Crippen LogP contribution in [0.2, 0.25) is 5.15 Å². The molecule has 1 unspecified atom stereocenters. The molecule has 0 saturated heterocycles. The highest BCUT2D eigenvalue weighted by atomic mass is 35.5. The molecular weight excluding hydrogens is 244 g/mol. The SMILES string of the molecule is CCSCCC(C)Nc1ncnc(Cl)c1N. The first kappa shape index (κ1) is 13.4. The van der Waals surface area contributed by atoms with Gasteiger partial charge in [-0.1, -0.05) is 18.5 Å². The van der Waals surface area contributed by atoms with E-state index in [9.17, 15) is 0 Å². The molecule has 1 atom stereocenters. The molecule has 1 rings (SSSR count). The van der Waals surface area contributed by atoms with E-state index in [4.69, 9.17) is 17.3 Å². The first-order valence-corrected chi connectivity index (χ1v) is 6.78. The lowest BCUT2D eigenvalue weighted by molar-refractivity contribution is 0.766. The summed E-state index contributed by atoms with van der Waals surface area (Å²) in [6.07, 6.45) is 2.48. The Bertz CT molecular complexity index is 335. The molecule has 3 N–H and O–H groups in total. The summed E-state index contributed by atoms with van der Waals surface area (Å²) < 4.78 is 0. The lowest BCUT2D eigenvalue weighted by Gasteiger charge is -2.15.